The molecule has 3 aliphatic rings. The van der Waals surface area contributed by atoms with Crippen LogP contribution in [0.25, 0.3) is 32.9 Å². The van der Waals surface area contributed by atoms with Crippen molar-refractivity contribution in [3.05, 3.63) is 53.4 Å². The van der Waals surface area contributed by atoms with Crippen LogP contribution >= 0.6 is 11.6 Å². The average molecular weight is 589 g/mol. The molecule has 4 atom stereocenters. The van der Waals surface area contributed by atoms with Gasteiger partial charge in [-0.25, -0.2) is 4.39 Å². The molecule has 3 fully saturated rings. The Hall–Kier alpha value is -3.07. The number of nitrogens with zero attached hydrogens (tertiary/aromatic N) is 5. The van der Waals surface area contributed by atoms with Crippen molar-refractivity contribution in [2.75, 3.05) is 31.1 Å². The van der Waals surface area contributed by atoms with Crippen molar-refractivity contribution in [2.45, 2.75) is 76.5 Å². The molecule has 2 bridgehead atoms. The van der Waals surface area contributed by atoms with Crippen LogP contribution in [-0.4, -0.2) is 69.8 Å². The van der Waals surface area contributed by atoms with Gasteiger partial charge >= 0.3 is 6.01 Å². The highest BCUT2D eigenvalue weighted by molar-refractivity contribution is 6.36. The Balaban J connectivity index is 1.35. The van der Waals surface area contributed by atoms with E-state index >= 15 is 4.39 Å². The third-order valence-electron chi connectivity index (χ3n) is 9.91. The maximum Gasteiger partial charge on any atom is 0.319 e. The first-order chi connectivity index (χ1) is 20.4. The van der Waals surface area contributed by atoms with Gasteiger partial charge in [0.2, 0.25) is 0 Å². The number of hydrogen-bond acceptors (Lipinski definition) is 7. The molecule has 3 unspecified atom stereocenters. The summed E-state index contributed by atoms with van der Waals surface area (Å²) in [5.41, 5.74) is 1.02. The number of ether oxygens (including phenoxy) is 1. The van der Waals surface area contributed by atoms with E-state index in [0.29, 0.717) is 46.5 Å². The number of aromatic nitrogens is 3. The fourth-order valence-electron chi connectivity index (χ4n) is 7.71. The van der Waals surface area contributed by atoms with Gasteiger partial charge in [0.15, 0.2) is 5.82 Å². The molecule has 7 rings (SSSR count). The van der Waals surface area contributed by atoms with Gasteiger partial charge in [-0.05, 0) is 57.0 Å². The number of nitrogens with one attached hydrogen (secondary N) is 1. The van der Waals surface area contributed by atoms with E-state index in [4.69, 9.17) is 26.3 Å². The number of pyridine rings is 1. The zero-order valence-electron chi connectivity index (χ0n) is 24.5. The van der Waals surface area contributed by atoms with E-state index in [1.165, 1.54) is 0 Å². The molecule has 7 nitrogen and oxygen atoms in total. The van der Waals surface area contributed by atoms with Crippen LogP contribution in [0.5, 0.6) is 6.01 Å². The first-order valence-electron chi connectivity index (χ1n) is 15.3. The lowest BCUT2D eigenvalue weighted by atomic mass is 9.94. The second-order valence-electron chi connectivity index (χ2n) is 12.2. The van der Waals surface area contributed by atoms with Crippen LogP contribution in [0, 0.1) is 5.82 Å². The quantitative estimate of drug-likeness (QED) is 0.260. The Morgan fingerprint density at radius 1 is 1.07 bits per heavy atom. The molecule has 3 aliphatic heterocycles. The van der Waals surface area contributed by atoms with Crippen LogP contribution in [0.3, 0.4) is 0 Å². The summed E-state index contributed by atoms with van der Waals surface area (Å²) in [4.78, 5) is 19.1. The molecular formula is C33H38ClFN6O. The Morgan fingerprint density at radius 2 is 1.83 bits per heavy atom. The maximum atomic E-state index is 16.7. The molecule has 4 aromatic rings. The Morgan fingerprint density at radius 3 is 2.57 bits per heavy atom. The molecule has 1 N–H and O–H groups in total. The Kier molecular flexibility index (Phi) is 7.19. The van der Waals surface area contributed by atoms with Crippen molar-refractivity contribution in [1.29, 1.82) is 0 Å². The fraction of sp³-hybridized carbons (Fsp3) is 0.485. The molecule has 220 valence electrons. The van der Waals surface area contributed by atoms with Gasteiger partial charge in [-0.2, -0.15) is 9.97 Å². The van der Waals surface area contributed by atoms with E-state index in [2.05, 4.69) is 40.9 Å². The molecule has 0 radical (unpaired) electrons. The molecule has 3 saturated heterocycles. The van der Waals surface area contributed by atoms with Crippen LogP contribution < -0.4 is 15.0 Å². The minimum absolute atomic E-state index is 0.0809. The summed E-state index contributed by atoms with van der Waals surface area (Å²) in [5.74, 6) is 0.210. The highest BCUT2D eigenvalue weighted by Gasteiger charge is 2.43. The Bertz CT molecular complexity index is 1630. The number of fused-ring (bicyclic) bond motifs is 4. The van der Waals surface area contributed by atoms with Gasteiger partial charge in [-0.3, -0.25) is 9.88 Å². The zero-order chi connectivity index (χ0) is 29.0. The fourth-order valence-corrected chi connectivity index (χ4v) is 7.99. The topological polar surface area (TPSA) is 66.4 Å². The third-order valence-corrected chi connectivity index (χ3v) is 10.2. The minimum atomic E-state index is -0.485. The smallest absolute Gasteiger partial charge is 0.319 e. The molecule has 2 aromatic heterocycles. The summed E-state index contributed by atoms with van der Waals surface area (Å²) in [5, 5.41) is 6.55. The summed E-state index contributed by atoms with van der Waals surface area (Å²) in [6, 6.07) is 13.0. The number of benzene rings is 2. The molecule has 0 aliphatic carbocycles. The van der Waals surface area contributed by atoms with Crippen LogP contribution in [-0.2, 0) is 0 Å². The van der Waals surface area contributed by atoms with Crippen molar-refractivity contribution >= 4 is 39.1 Å². The first-order valence-corrected chi connectivity index (χ1v) is 15.7. The molecule has 0 spiro atoms. The number of hydrogen-bond donors (Lipinski definition) is 1. The first kappa shape index (κ1) is 27.7. The molecule has 42 heavy (non-hydrogen) atoms. The monoisotopic (exact) mass is 588 g/mol. The SMILES string of the molecule is CCN1[C@@H](C)CCC1(CC)COc1nc(N2CC3CCC(C2)N3)c2cnc(-c3cccc4cccc(Cl)c34)c(F)c2n1. The number of likely N-dealkylation sites (N-methyl/N-ethyl adjacent to an activating group) is 1. The highest BCUT2D eigenvalue weighted by Crippen LogP contribution is 2.39. The standard InChI is InChI=1S/C33H38ClFN6O/c1-4-33(15-14-20(3)41(33)5-2)19-42-32-38-30-25(31(39-32)40-17-22-12-13-23(18-40)37-22)16-36-29(28(30)35)24-10-6-8-21-9-7-11-26(34)27(21)24/h6-11,16,20,22-23,37H,4-5,12-15,17-19H2,1-3H3/t20-,22?,23?,33?/m0/s1. The number of likely N-dealkylation sites (tertiary alicyclic amines) is 1. The summed E-state index contributed by atoms with van der Waals surface area (Å²) in [6.07, 6.45) is 7.15. The van der Waals surface area contributed by atoms with Crippen molar-refractivity contribution in [3.63, 3.8) is 0 Å². The summed E-state index contributed by atoms with van der Waals surface area (Å²) < 4.78 is 23.1. The van der Waals surface area contributed by atoms with E-state index in [1.54, 1.807) is 6.20 Å². The summed E-state index contributed by atoms with van der Waals surface area (Å²) in [7, 11) is 0. The van der Waals surface area contributed by atoms with E-state index < -0.39 is 5.82 Å². The lowest BCUT2D eigenvalue weighted by Gasteiger charge is -2.39. The van der Waals surface area contributed by atoms with Crippen molar-refractivity contribution in [1.82, 2.24) is 25.2 Å². The molecule has 5 heterocycles. The van der Waals surface area contributed by atoms with E-state index in [0.717, 1.165) is 62.5 Å². The average Bonchev–Trinajstić information content (AvgIpc) is 3.52. The van der Waals surface area contributed by atoms with Crippen LogP contribution in [0.4, 0.5) is 10.2 Å². The molecular weight excluding hydrogens is 551 g/mol. The van der Waals surface area contributed by atoms with Gasteiger partial charge in [0.1, 0.15) is 23.6 Å². The number of rotatable bonds is 7. The summed E-state index contributed by atoms with van der Waals surface area (Å²) in [6.45, 7) is 9.77. The second kappa shape index (κ2) is 10.9. The molecule has 2 aromatic carbocycles. The Labute approximate surface area is 251 Å². The molecule has 0 amide bonds. The van der Waals surface area contributed by atoms with Gasteiger partial charge in [0.05, 0.1) is 10.9 Å². The molecule has 9 heteroatoms. The van der Waals surface area contributed by atoms with E-state index in [-0.39, 0.29) is 22.8 Å². The lowest BCUT2D eigenvalue weighted by Crippen LogP contribution is -2.51. The van der Waals surface area contributed by atoms with Gasteiger partial charge in [-0.1, -0.05) is 55.8 Å². The number of piperazine rings is 1. The van der Waals surface area contributed by atoms with Crippen LogP contribution in [0.2, 0.25) is 5.02 Å². The largest absolute Gasteiger partial charge is 0.461 e. The van der Waals surface area contributed by atoms with Gasteiger partial charge in [0.25, 0.3) is 0 Å². The van der Waals surface area contributed by atoms with Crippen LogP contribution in [0.1, 0.15) is 52.9 Å². The van der Waals surface area contributed by atoms with Gasteiger partial charge in [-0.15, -0.1) is 0 Å². The van der Waals surface area contributed by atoms with Gasteiger partial charge < -0.3 is 15.0 Å². The number of halogens is 2. The van der Waals surface area contributed by atoms with Crippen molar-refractivity contribution in [3.8, 4) is 17.3 Å². The normalized spacial score (nSPS) is 26.0. The lowest BCUT2D eigenvalue weighted by molar-refractivity contribution is 0.0525. The van der Waals surface area contributed by atoms with Gasteiger partial charge in [0, 0.05) is 53.4 Å². The highest BCUT2D eigenvalue weighted by atomic mass is 35.5. The predicted octanol–water partition coefficient (Wildman–Crippen LogP) is 6.61. The van der Waals surface area contributed by atoms with Crippen LogP contribution in [0.15, 0.2) is 42.6 Å². The zero-order valence-corrected chi connectivity index (χ0v) is 25.3. The summed E-state index contributed by atoms with van der Waals surface area (Å²) >= 11 is 6.62. The third kappa shape index (κ3) is 4.59. The predicted molar refractivity (Wildman–Crippen MR) is 167 cm³/mol. The molecule has 0 saturated carbocycles. The van der Waals surface area contributed by atoms with Crippen molar-refractivity contribution in [2.24, 2.45) is 0 Å². The second-order valence-corrected chi connectivity index (χ2v) is 12.6. The number of anilines is 1. The van der Waals surface area contributed by atoms with E-state index in [1.807, 2.05) is 36.4 Å². The maximum absolute atomic E-state index is 16.7. The van der Waals surface area contributed by atoms with E-state index in [9.17, 15) is 0 Å². The van der Waals surface area contributed by atoms with Crippen molar-refractivity contribution < 1.29 is 9.13 Å². The minimum Gasteiger partial charge on any atom is -0.461 e.